The molecule has 0 amide bonds. The third kappa shape index (κ3) is 4.27. The fraction of sp³-hybridized carbons (Fsp3) is 0.263. The number of aryl methyl sites for hydroxylation is 1. The van der Waals surface area contributed by atoms with E-state index in [1.54, 1.807) is 7.11 Å². The standard InChI is InChI=1S/C19H22O/c1-3-4-5-16-6-8-17(9-7-16)10-11-18-12-14-19(20-2)15-13-18/h6-15H,3-5H2,1-2H3. The largest absolute Gasteiger partial charge is 0.497 e. The van der Waals surface area contributed by atoms with Gasteiger partial charge in [-0.25, -0.2) is 0 Å². The van der Waals surface area contributed by atoms with Crippen molar-refractivity contribution in [1.29, 1.82) is 0 Å². The van der Waals surface area contributed by atoms with Crippen LogP contribution in [0.15, 0.2) is 48.5 Å². The third-order valence-corrected chi connectivity index (χ3v) is 3.38. The Kier molecular flexibility index (Phi) is 5.43. The molecule has 0 unspecified atom stereocenters. The average Bonchev–Trinajstić information content (AvgIpc) is 2.52. The van der Waals surface area contributed by atoms with Gasteiger partial charge in [0, 0.05) is 0 Å². The molecular weight excluding hydrogens is 244 g/mol. The molecule has 1 nitrogen and oxygen atoms in total. The van der Waals surface area contributed by atoms with Crippen molar-refractivity contribution in [2.75, 3.05) is 7.11 Å². The van der Waals surface area contributed by atoms with Gasteiger partial charge in [-0.05, 0) is 41.7 Å². The Hall–Kier alpha value is -2.02. The SMILES string of the molecule is CCCCc1ccc(C=Cc2ccc(OC)cc2)cc1. The lowest BCUT2D eigenvalue weighted by atomic mass is 10.1. The van der Waals surface area contributed by atoms with Crippen LogP contribution in [0.5, 0.6) is 5.75 Å². The van der Waals surface area contributed by atoms with Crippen molar-refractivity contribution >= 4 is 12.2 Å². The van der Waals surface area contributed by atoms with Gasteiger partial charge in [-0.15, -0.1) is 0 Å². The molecule has 0 aliphatic rings. The van der Waals surface area contributed by atoms with E-state index in [4.69, 9.17) is 4.74 Å². The minimum absolute atomic E-state index is 0.891. The highest BCUT2D eigenvalue weighted by Gasteiger charge is 1.93. The maximum Gasteiger partial charge on any atom is 0.118 e. The van der Waals surface area contributed by atoms with E-state index < -0.39 is 0 Å². The van der Waals surface area contributed by atoms with Crippen LogP contribution >= 0.6 is 0 Å². The second kappa shape index (κ2) is 7.54. The lowest BCUT2D eigenvalue weighted by Gasteiger charge is -2.01. The molecule has 0 atom stereocenters. The molecule has 1 heteroatoms. The number of hydrogen-bond donors (Lipinski definition) is 0. The van der Waals surface area contributed by atoms with E-state index in [9.17, 15) is 0 Å². The molecule has 0 aromatic heterocycles. The fourth-order valence-corrected chi connectivity index (χ4v) is 2.08. The Balaban J connectivity index is 1.99. The van der Waals surface area contributed by atoms with Crippen molar-refractivity contribution in [2.24, 2.45) is 0 Å². The summed E-state index contributed by atoms with van der Waals surface area (Å²) < 4.78 is 5.15. The van der Waals surface area contributed by atoms with Gasteiger partial charge in [0.1, 0.15) is 5.75 Å². The molecule has 0 saturated carbocycles. The van der Waals surface area contributed by atoms with Crippen LogP contribution in [-0.2, 0) is 6.42 Å². The molecule has 0 saturated heterocycles. The van der Waals surface area contributed by atoms with Gasteiger partial charge in [0.2, 0.25) is 0 Å². The summed E-state index contributed by atoms with van der Waals surface area (Å²) in [7, 11) is 1.69. The topological polar surface area (TPSA) is 9.23 Å². The molecule has 0 N–H and O–H groups in total. The molecule has 20 heavy (non-hydrogen) atoms. The molecule has 0 aliphatic heterocycles. The Bertz CT molecular complexity index is 535. The highest BCUT2D eigenvalue weighted by atomic mass is 16.5. The van der Waals surface area contributed by atoms with Crippen LogP contribution in [0.3, 0.4) is 0 Å². The van der Waals surface area contributed by atoms with Crippen LogP contribution in [0.2, 0.25) is 0 Å². The maximum absolute atomic E-state index is 5.15. The summed E-state index contributed by atoms with van der Waals surface area (Å²) in [5, 5.41) is 0. The Morgan fingerprint density at radius 3 is 1.90 bits per heavy atom. The minimum atomic E-state index is 0.891. The van der Waals surface area contributed by atoms with E-state index in [0.717, 1.165) is 5.75 Å². The first-order valence-corrected chi connectivity index (χ1v) is 7.23. The predicted molar refractivity (Wildman–Crippen MR) is 87.0 cm³/mol. The third-order valence-electron chi connectivity index (χ3n) is 3.38. The van der Waals surface area contributed by atoms with Crippen LogP contribution in [0.25, 0.3) is 12.2 Å². The number of rotatable bonds is 6. The Morgan fingerprint density at radius 2 is 1.40 bits per heavy atom. The second-order valence-electron chi connectivity index (χ2n) is 4.95. The number of benzene rings is 2. The van der Waals surface area contributed by atoms with E-state index in [2.05, 4.69) is 55.5 Å². The predicted octanol–water partition coefficient (Wildman–Crippen LogP) is 5.21. The first kappa shape index (κ1) is 14.4. The van der Waals surface area contributed by atoms with Gasteiger partial charge in [0.05, 0.1) is 7.11 Å². The molecular formula is C19H22O. The molecule has 0 radical (unpaired) electrons. The molecule has 2 rings (SSSR count). The molecule has 0 heterocycles. The quantitative estimate of drug-likeness (QED) is 0.652. The lowest BCUT2D eigenvalue weighted by molar-refractivity contribution is 0.415. The van der Waals surface area contributed by atoms with E-state index in [0.29, 0.717) is 0 Å². The van der Waals surface area contributed by atoms with Gasteiger partial charge in [-0.1, -0.05) is 61.9 Å². The van der Waals surface area contributed by atoms with Crippen molar-refractivity contribution < 1.29 is 4.74 Å². The van der Waals surface area contributed by atoms with Gasteiger partial charge >= 0.3 is 0 Å². The zero-order chi connectivity index (χ0) is 14.2. The van der Waals surface area contributed by atoms with Crippen LogP contribution in [0, 0.1) is 0 Å². The van der Waals surface area contributed by atoms with Crippen LogP contribution in [0.4, 0.5) is 0 Å². The summed E-state index contributed by atoms with van der Waals surface area (Å²) in [5.41, 5.74) is 3.84. The second-order valence-corrected chi connectivity index (χ2v) is 4.95. The smallest absolute Gasteiger partial charge is 0.118 e. The zero-order valence-corrected chi connectivity index (χ0v) is 12.3. The summed E-state index contributed by atoms with van der Waals surface area (Å²) in [6, 6.07) is 16.9. The lowest BCUT2D eigenvalue weighted by Crippen LogP contribution is -1.84. The Morgan fingerprint density at radius 1 is 0.850 bits per heavy atom. The molecule has 0 spiro atoms. The first-order chi connectivity index (χ1) is 9.81. The summed E-state index contributed by atoms with van der Waals surface area (Å²) in [4.78, 5) is 0. The van der Waals surface area contributed by atoms with E-state index in [1.807, 2.05) is 12.1 Å². The number of ether oxygens (including phenoxy) is 1. The summed E-state index contributed by atoms with van der Waals surface area (Å²) in [6.07, 6.45) is 7.96. The average molecular weight is 266 g/mol. The number of hydrogen-bond acceptors (Lipinski definition) is 1. The van der Waals surface area contributed by atoms with Gasteiger partial charge in [-0.3, -0.25) is 0 Å². The van der Waals surface area contributed by atoms with Gasteiger partial charge in [0.15, 0.2) is 0 Å². The summed E-state index contributed by atoms with van der Waals surface area (Å²) in [6.45, 7) is 2.23. The molecule has 2 aromatic rings. The fourth-order valence-electron chi connectivity index (χ4n) is 2.08. The maximum atomic E-state index is 5.15. The van der Waals surface area contributed by atoms with Gasteiger partial charge in [-0.2, -0.15) is 0 Å². The van der Waals surface area contributed by atoms with Crippen LogP contribution in [-0.4, -0.2) is 7.11 Å². The highest BCUT2D eigenvalue weighted by Crippen LogP contribution is 2.14. The van der Waals surface area contributed by atoms with Crippen molar-refractivity contribution in [3.05, 3.63) is 65.2 Å². The molecule has 104 valence electrons. The van der Waals surface area contributed by atoms with Crippen molar-refractivity contribution in [3.8, 4) is 5.75 Å². The first-order valence-electron chi connectivity index (χ1n) is 7.23. The Labute approximate surface area is 121 Å². The number of unbranched alkanes of at least 4 members (excludes halogenated alkanes) is 1. The van der Waals surface area contributed by atoms with Crippen molar-refractivity contribution in [3.63, 3.8) is 0 Å². The van der Waals surface area contributed by atoms with Crippen LogP contribution in [0.1, 0.15) is 36.5 Å². The monoisotopic (exact) mass is 266 g/mol. The normalized spacial score (nSPS) is 10.9. The summed E-state index contributed by atoms with van der Waals surface area (Å²) >= 11 is 0. The highest BCUT2D eigenvalue weighted by molar-refractivity contribution is 5.69. The van der Waals surface area contributed by atoms with Crippen molar-refractivity contribution in [1.82, 2.24) is 0 Å². The minimum Gasteiger partial charge on any atom is -0.497 e. The van der Waals surface area contributed by atoms with E-state index in [1.165, 1.54) is 36.0 Å². The molecule has 0 fully saturated rings. The molecule has 0 aliphatic carbocycles. The zero-order valence-electron chi connectivity index (χ0n) is 12.3. The van der Waals surface area contributed by atoms with Crippen LogP contribution < -0.4 is 4.74 Å². The molecule has 2 aromatic carbocycles. The van der Waals surface area contributed by atoms with Gasteiger partial charge < -0.3 is 4.74 Å². The van der Waals surface area contributed by atoms with Crippen molar-refractivity contribution in [2.45, 2.75) is 26.2 Å². The van der Waals surface area contributed by atoms with Gasteiger partial charge in [0.25, 0.3) is 0 Å². The molecule has 0 bridgehead atoms. The summed E-state index contributed by atoms with van der Waals surface area (Å²) in [5.74, 6) is 0.891. The van der Waals surface area contributed by atoms with E-state index in [-0.39, 0.29) is 0 Å². The van der Waals surface area contributed by atoms with E-state index >= 15 is 0 Å². The number of methoxy groups -OCH3 is 1.